The number of halogens is 2. The number of hydrogen-bond donors (Lipinski definition) is 3. The van der Waals surface area contributed by atoms with E-state index in [9.17, 15) is 28.3 Å². The van der Waals surface area contributed by atoms with E-state index in [2.05, 4.69) is 10.6 Å². The van der Waals surface area contributed by atoms with Crippen LogP contribution in [0.25, 0.3) is 0 Å². The number of amides is 1. The van der Waals surface area contributed by atoms with E-state index in [1.807, 2.05) is 13.8 Å². The van der Waals surface area contributed by atoms with Gasteiger partial charge in [0.25, 0.3) is 0 Å². The minimum Gasteiger partial charge on any atom is -0.503 e. The number of piperidine rings is 1. The van der Waals surface area contributed by atoms with Gasteiger partial charge in [0.05, 0.1) is 13.2 Å². The van der Waals surface area contributed by atoms with Crippen molar-refractivity contribution in [3.63, 3.8) is 0 Å². The van der Waals surface area contributed by atoms with Gasteiger partial charge < -0.3 is 29.7 Å². The van der Waals surface area contributed by atoms with Gasteiger partial charge in [-0.3, -0.25) is 14.4 Å². The molecular formula is C26H36F2N3O6P. The van der Waals surface area contributed by atoms with Crippen LogP contribution in [0.4, 0.5) is 8.78 Å². The number of nitrogens with one attached hydrogen (secondary N) is 2. The zero-order valence-electron chi connectivity index (χ0n) is 22.3. The Kier molecular flexibility index (Phi) is 12.0. The number of rotatable bonds is 13. The first-order valence-corrected chi connectivity index (χ1v) is 13.7. The fourth-order valence-electron chi connectivity index (χ4n) is 3.92. The normalized spacial score (nSPS) is 19.1. The van der Waals surface area contributed by atoms with Crippen LogP contribution in [0.2, 0.25) is 0 Å². The maximum absolute atomic E-state index is 13.9. The molecule has 38 heavy (non-hydrogen) atoms. The van der Waals surface area contributed by atoms with Crippen LogP contribution in [0.5, 0.6) is 0 Å². The Morgan fingerprint density at radius 1 is 1.26 bits per heavy atom. The highest BCUT2D eigenvalue weighted by atomic mass is 31.2. The summed E-state index contributed by atoms with van der Waals surface area (Å²) in [6.07, 6.45) is 2.14. The Bertz CT molecular complexity index is 1070. The van der Waals surface area contributed by atoms with Gasteiger partial charge in [0.2, 0.25) is 5.91 Å². The molecule has 1 aliphatic rings. The number of aliphatic hydroxyl groups is 1. The van der Waals surface area contributed by atoms with Gasteiger partial charge in [0, 0.05) is 60.7 Å². The Labute approximate surface area is 223 Å². The summed E-state index contributed by atoms with van der Waals surface area (Å²) >= 11 is 0. The van der Waals surface area contributed by atoms with E-state index in [0.717, 1.165) is 12.1 Å². The molecule has 2 rings (SSSR count). The lowest BCUT2D eigenvalue weighted by atomic mass is 9.75. The molecule has 3 N–H and O–H groups in total. The molecule has 0 saturated carbocycles. The molecule has 210 valence electrons. The van der Waals surface area contributed by atoms with Gasteiger partial charge in [-0.05, 0) is 26.8 Å². The molecule has 1 heterocycles. The predicted molar refractivity (Wildman–Crippen MR) is 140 cm³/mol. The van der Waals surface area contributed by atoms with E-state index >= 15 is 0 Å². The summed E-state index contributed by atoms with van der Waals surface area (Å²) in [5.41, 5.74) is -0.950. The van der Waals surface area contributed by atoms with Crippen LogP contribution in [0.15, 0.2) is 41.4 Å². The third kappa shape index (κ3) is 8.14. The lowest BCUT2D eigenvalue weighted by Crippen LogP contribution is -2.58. The molecule has 9 nitrogen and oxygen atoms in total. The highest BCUT2D eigenvalue weighted by Gasteiger charge is 2.46. The number of nitrogens with zero attached hydrogens (tertiary/aromatic N) is 1. The first-order chi connectivity index (χ1) is 18.0. The van der Waals surface area contributed by atoms with Gasteiger partial charge in [-0.1, -0.05) is 19.9 Å². The Balaban J connectivity index is 2.22. The van der Waals surface area contributed by atoms with Crippen molar-refractivity contribution in [3.8, 4) is 0 Å². The fourth-order valence-corrected chi connectivity index (χ4v) is 5.14. The van der Waals surface area contributed by atoms with Gasteiger partial charge in [-0.2, -0.15) is 0 Å². The molecule has 12 heteroatoms. The second-order valence-electron chi connectivity index (χ2n) is 9.18. The van der Waals surface area contributed by atoms with Crippen molar-refractivity contribution in [3.05, 3.63) is 58.6 Å². The first kappa shape index (κ1) is 31.5. The number of ketones is 1. The zero-order chi connectivity index (χ0) is 28.5. The maximum atomic E-state index is 13.9. The number of aliphatic hydroxyl groups excluding tert-OH is 1. The van der Waals surface area contributed by atoms with Gasteiger partial charge >= 0.3 is 0 Å². The number of likely N-dealkylation sites (tertiary alicyclic amines) is 1. The van der Waals surface area contributed by atoms with Crippen LogP contribution in [0, 0.1) is 17.0 Å². The van der Waals surface area contributed by atoms with Crippen molar-refractivity contribution in [2.24, 2.45) is 5.41 Å². The number of carbonyl (C=O) groups is 3. The van der Waals surface area contributed by atoms with Crippen molar-refractivity contribution in [1.29, 1.82) is 0 Å². The summed E-state index contributed by atoms with van der Waals surface area (Å²) in [4.78, 5) is 38.9. The molecule has 0 spiro atoms. The largest absolute Gasteiger partial charge is 0.503 e. The summed E-state index contributed by atoms with van der Waals surface area (Å²) in [7, 11) is -1.08. The molecule has 1 fully saturated rings. The van der Waals surface area contributed by atoms with Crippen molar-refractivity contribution in [2.45, 2.75) is 47.2 Å². The average molecular weight is 556 g/mol. The average Bonchev–Trinajstić information content (AvgIpc) is 2.86. The Hall–Kier alpha value is -2.72. The lowest BCUT2D eigenvalue weighted by molar-refractivity contribution is -0.129. The van der Waals surface area contributed by atoms with Gasteiger partial charge in [-0.15, -0.1) is 0 Å². The minimum absolute atomic E-state index is 0.102. The molecule has 0 aromatic heterocycles. The van der Waals surface area contributed by atoms with Crippen LogP contribution in [-0.2, 0) is 30.0 Å². The summed E-state index contributed by atoms with van der Waals surface area (Å²) < 4.78 is 38.3. The number of Topliss-reactive ketones (excluding diaryl/α,β-unsaturated/α-hetero) is 1. The molecule has 1 aliphatic heterocycles. The second kappa shape index (κ2) is 14.4. The molecule has 0 radical (unpaired) electrons. The van der Waals surface area contributed by atoms with E-state index in [0.29, 0.717) is 25.9 Å². The van der Waals surface area contributed by atoms with E-state index in [1.165, 1.54) is 24.1 Å². The monoisotopic (exact) mass is 555 g/mol. The van der Waals surface area contributed by atoms with Crippen molar-refractivity contribution in [2.75, 3.05) is 32.5 Å². The van der Waals surface area contributed by atoms with Crippen LogP contribution < -0.4 is 10.6 Å². The number of carbonyl (C=O) groups excluding carboxylic acids is 3. The van der Waals surface area contributed by atoms with E-state index in [4.69, 9.17) is 9.05 Å². The SMILES string of the molecule is CCOP(CCNC1CN(/C=C(\C)C(=O)NCc2ccc(F)cc2F)/C(=C(/O)C=O)C(=O)C1(C)C)OCC. The minimum atomic E-state index is -1.08. The van der Waals surface area contributed by atoms with E-state index < -0.39 is 48.9 Å². The quantitative estimate of drug-likeness (QED) is 0.146. The molecule has 1 unspecified atom stereocenters. The predicted octanol–water partition coefficient (Wildman–Crippen LogP) is 3.71. The lowest BCUT2D eigenvalue weighted by Gasteiger charge is -2.44. The smallest absolute Gasteiger partial charge is 0.248 e. The molecule has 0 aliphatic carbocycles. The topological polar surface area (TPSA) is 117 Å². The molecule has 1 aromatic rings. The van der Waals surface area contributed by atoms with Crippen molar-refractivity contribution < 1.29 is 37.3 Å². The number of benzene rings is 1. The molecule has 1 atom stereocenters. The highest BCUT2D eigenvalue weighted by molar-refractivity contribution is 7.47. The number of aldehydes is 1. The van der Waals surface area contributed by atoms with Crippen molar-refractivity contribution in [1.82, 2.24) is 15.5 Å². The van der Waals surface area contributed by atoms with Crippen molar-refractivity contribution >= 4 is 26.4 Å². The molecule has 1 amide bonds. The van der Waals surface area contributed by atoms with Crippen LogP contribution in [0.1, 0.15) is 40.2 Å². The second-order valence-corrected chi connectivity index (χ2v) is 10.8. The maximum Gasteiger partial charge on any atom is 0.248 e. The Morgan fingerprint density at radius 3 is 2.50 bits per heavy atom. The summed E-state index contributed by atoms with van der Waals surface area (Å²) in [6.45, 7) is 10.2. The Morgan fingerprint density at radius 2 is 1.92 bits per heavy atom. The van der Waals surface area contributed by atoms with Crippen LogP contribution in [0.3, 0.4) is 0 Å². The summed E-state index contributed by atoms with van der Waals surface area (Å²) in [5.74, 6) is -3.30. The van der Waals surface area contributed by atoms with E-state index in [1.54, 1.807) is 13.8 Å². The van der Waals surface area contributed by atoms with Gasteiger partial charge in [0.1, 0.15) is 17.3 Å². The van der Waals surface area contributed by atoms with Gasteiger partial charge in [-0.25, -0.2) is 8.78 Å². The molecule has 0 bridgehead atoms. The molecular weight excluding hydrogens is 519 g/mol. The molecule has 1 aromatic carbocycles. The molecule has 1 saturated heterocycles. The standard InChI is InChI=1S/C26H36F2N3O6P/c1-6-36-38(37-7-2)11-10-29-22-15-31(23(21(33)16-32)24(34)26(22,4)5)14-17(3)25(35)30-13-18-8-9-19(27)12-20(18)28/h8-9,12,14,16,22,29,33H,6-7,10-11,13,15H2,1-5H3,(H,30,35)/b17-14+,23-21+. The number of allylic oxidation sites excluding steroid dienone is 2. The zero-order valence-corrected chi connectivity index (χ0v) is 23.2. The van der Waals surface area contributed by atoms with E-state index in [-0.39, 0.29) is 36.2 Å². The summed E-state index contributed by atoms with van der Waals surface area (Å²) in [5, 5.41) is 16.2. The number of hydrogen-bond acceptors (Lipinski definition) is 8. The fraction of sp³-hybridized carbons (Fsp3) is 0.500. The van der Waals surface area contributed by atoms with Gasteiger partial charge in [0.15, 0.2) is 26.2 Å². The first-order valence-electron chi connectivity index (χ1n) is 12.3. The van der Waals surface area contributed by atoms with Crippen LogP contribution in [-0.4, -0.2) is 66.5 Å². The summed E-state index contributed by atoms with van der Waals surface area (Å²) in [6, 6.07) is 2.65. The third-order valence-corrected chi connectivity index (χ3v) is 7.77. The highest BCUT2D eigenvalue weighted by Crippen LogP contribution is 2.38. The third-order valence-electron chi connectivity index (χ3n) is 6.09. The van der Waals surface area contributed by atoms with Crippen LogP contribution >= 0.6 is 8.38 Å².